The van der Waals surface area contributed by atoms with Crippen LogP contribution in [0.2, 0.25) is 0 Å². The van der Waals surface area contributed by atoms with Crippen LogP contribution in [-0.4, -0.2) is 411 Å². The largest absolute Gasteiger partial charge is 2.00 e. The van der Waals surface area contributed by atoms with Crippen LogP contribution in [0.15, 0.2) is 0 Å². The van der Waals surface area contributed by atoms with Crippen LogP contribution in [0, 0.1) is 0 Å². The molecule has 0 saturated carbocycles. The van der Waals surface area contributed by atoms with Gasteiger partial charge in [0.15, 0.2) is 0 Å². The fourth-order valence-corrected chi connectivity index (χ4v) is 0. The number of hydrogen-bond donors (Lipinski definition) is 0. The van der Waals surface area contributed by atoms with Gasteiger partial charge in [0.2, 0.25) is 0 Å². The minimum atomic E-state index is -2.92. The van der Waals surface area contributed by atoms with Crippen LogP contribution >= 0.6 is 0 Å². The van der Waals surface area contributed by atoms with Crippen molar-refractivity contribution in [1.29, 1.82) is 0 Å². The molecule has 0 fully saturated rings. The van der Waals surface area contributed by atoms with E-state index in [9.17, 15) is 0 Å². The van der Waals surface area contributed by atoms with Crippen molar-refractivity contribution in [2.75, 3.05) is 0 Å². The molecule has 0 radical (unpaired) electrons. The summed E-state index contributed by atoms with van der Waals surface area (Å²) < 4.78 is 0. The first kappa shape index (κ1) is 134. The van der Waals surface area contributed by atoms with Gasteiger partial charge < -0.3 is 118 Å². The fourth-order valence-electron chi connectivity index (χ4n) is 0. The molecule has 0 aromatic carbocycles. The summed E-state index contributed by atoms with van der Waals surface area (Å²) in [4.78, 5) is 0. The Kier molecular flexibility index (Phi) is 446. The first-order valence-electron chi connectivity index (χ1n) is 4.24. The van der Waals surface area contributed by atoms with E-state index in [4.69, 9.17) is 90.4 Å². The molecule has 0 spiro atoms. The molecule has 0 aromatic heterocycles. The van der Waals surface area contributed by atoms with Crippen molar-refractivity contribution in [1.82, 2.24) is 0 Å². The summed E-state index contributed by atoms with van der Waals surface area (Å²) in [5, 5.41) is 152. The van der Waals surface area contributed by atoms with Crippen molar-refractivity contribution >= 4 is 384 Å². The summed E-state index contributed by atoms with van der Waals surface area (Å²) in [5.74, 6) is 0. The van der Waals surface area contributed by atoms with Crippen molar-refractivity contribution in [3.63, 3.8) is 0 Å². The van der Waals surface area contributed by atoms with Crippen molar-refractivity contribution in [3.8, 4) is 0 Å². The maximum absolute atomic E-state index is 8.42. The van der Waals surface area contributed by atoms with Crippen molar-refractivity contribution in [3.05, 3.63) is 0 Å². The van der Waals surface area contributed by atoms with Gasteiger partial charge in [-0.15, -0.1) is 0 Å². The first-order valence-corrected chi connectivity index (χ1v) is 4.24. The predicted octanol–water partition coefficient (Wildman–Crippen LogP) is -31.2. The van der Waals surface area contributed by atoms with E-state index in [1.165, 1.54) is 0 Å². The molecule has 0 rings (SSSR count). The van der Waals surface area contributed by atoms with Crippen LogP contribution in [0.4, 0.5) is 0 Å². The summed E-state index contributed by atoms with van der Waals surface area (Å²) in [7, 11) is -17.5. The SMILES string of the molecule is O.O.O.O.O.[Ca+2].[Ca+2].[Ca+2].[Ca+2].[Ca+2].[Ca+2].[Ca+2].[Ca+2].[Ca+2].[O-]B([O-])[O-].[O-]B([O-])[O-].[O-]B([O-])[O-].[O-]B([O-])[O-].[O-]B([O-])[O-].[O-]B([O-])[O-]. The Labute approximate surface area is 488 Å². The van der Waals surface area contributed by atoms with E-state index in [0.29, 0.717) is 0 Å². The van der Waals surface area contributed by atoms with E-state index in [-0.39, 0.29) is 367 Å². The van der Waals surface area contributed by atoms with Gasteiger partial charge in [-0.2, -0.15) is 0 Å². The summed E-state index contributed by atoms with van der Waals surface area (Å²) in [5.41, 5.74) is 0. The maximum Gasteiger partial charge on any atom is 2.00 e. The summed E-state index contributed by atoms with van der Waals surface area (Å²) in [6, 6.07) is 0. The fraction of sp³-hybridized carbons (Fsp3) is 0. The van der Waals surface area contributed by atoms with E-state index in [1.807, 2.05) is 0 Å². The van der Waals surface area contributed by atoms with Gasteiger partial charge in [0.1, 0.15) is 0 Å². The standard InChI is InChI=1S/6BO3.9Ca.5H2O/c6*2-1(3)4;;;;;;;;;;;;;;/h;;;;;;;;;;;;;;;5*1H2/q6*-3;9*+2;;;;;. The number of rotatable bonds is 0. The third kappa shape index (κ3) is 841. The van der Waals surface area contributed by atoms with Gasteiger partial charge in [-0.25, -0.2) is 0 Å². The second-order valence-corrected chi connectivity index (χ2v) is 1.73. The van der Waals surface area contributed by atoms with Gasteiger partial charge in [-0.1, -0.05) is 0 Å². The zero-order valence-electron chi connectivity index (χ0n) is 19.7. The molecule has 0 heterocycles. The molecular weight excluding hydrogens is 794 g/mol. The van der Waals surface area contributed by atoms with E-state index in [0.717, 1.165) is 0 Å². The van der Waals surface area contributed by atoms with E-state index < -0.39 is 43.9 Å². The van der Waals surface area contributed by atoms with Crippen LogP contribution in [0.3, 0.4) is 0 Å². The molecule has 10 N–H and O–H groups in total. The van der Waals surface area contributed by atoms with E-state index in [1.54, 1.807) is 0 Å². The second-order valence-electron chi connectivity index (χ2n) is 1.73. The Morgan fingerprint density at radius 2 is 0.158 bits per heavy atom. The van der Waals surface area contributed by atoms with Crippen molar-refractivity contribution in [2.45, 2.75) is 0 Å². The molecule has 0 amide bonds. The number of hydrogen-bond acceptors (Lipinski definition) is 18. The molecule has 0 bridgehead atoms. The molecule has 0 aromatic rings. The first-order chi connectivity index (χ1) is 10.4. The predicted molar refractivity (Wildman–Crippen MR) is 104 cm³/mol. The Hall–Kier alpha value is 10.8. The average molecular weight is 804 g/mol. The quantitative estimate of drug-likeness (QED) is 0.205. The molecule has 38 heteroatoms. The van der Waals surface area contributed by atoms with Gasteiger partial charge >= 0.3 is 340 Å². The van der Waals surface area contributed by atoms with Crippen LogP contribution in [0.25, 0.3) is 0 Å². The molecular formula is H10B6Ca9O23. The molecule has 184 valence electrons. The van der Waals surface area contributed by atoms with E-state index in [2.05, 4.69) is 0 Å². The van der Waals surface area contributed by atoms with Crippen LogP contribution in [0.1, 0.15) is 0 Å². The minimum absolute atomic E-state index is 0. The van der Waals surface area contributed by atoms with Crippen molar-refractivity contribution in [2.24, 2.45) is 0 Å². The monoisotopic (exact) mass is 804 g/mol. The normalized spacial score (nSPS) is 4.26. The summed E-state index contributed by atoms with van der Waals surface area (Å²) in [6.07, 6.45) is 0. The summed E-state index contributed by atoms with van der Waals surface area (Å²) >= 11 is 0. The molecule has 0 aliphatic heterocycles. The Morgan fingerprint density at radius 3 is 0.158 bits per heavy atom. The average Bonchev–Trinajstić information content (AvgIpc) is 2.08. The van der Waals surface area contributed by atoms with Gasteiger partial charge in [0, 0.05) is 0 Å². The molecule has 0 saturated heterocycles. The van der Waals surface area contributed by atoms with Crippen LogP contribution < -0.4 is 90.4 Å². The molecule has 0 aliphatic rings. The smallest absolute Gasteiger partial charge is 0.907 e. The molecule has 0 aliphatic carbocycles. The van der Waals surface area contributed by atoms with Gasteiger partial charge in [0.25, 0.3) is 0 Å². The van der Waals surface area contributed by atoms with Gasteiger partial charge in [-0.3, -0.25) is 43.9 Å². The molecule has 0 atom stereocenters. The van der Waals surface area contributed by atoms with Crippen LogP contribution in [0.5, 0.6) is 0 Å². The molecule has 0 unspecified atom stereocenters. The third-order valence-electron chi connectivity index (χ3n) is 0. The molecule has 23 nitrogen and oxygen atoms in total. The maximum atomic E-state index is 8.42. The molecule has 38 heavy (non-hydrogen) atoms. The zero-order chi connectivity index (χ0) is 21.5. The van der Waals surface area contributed by atoms with Gasteiger partial charge in [0.05, 0.1) is 0 Å². The van der Waals surface area contributed by atoms with Crippen LogP contribution in [-0.2, 0) is 0 Å². The van der Waals surface area contributed by atoms with Crippen molar-refractivity contribution < 1.29 is 118 Å². The minimum Gasteiger partial charge on any atom is -0.907 e. The second kappa shape index (κ2) is 126. The summed E-state index contributed by atoms with van der Waals surface area (Å²) in [6.45, 7) is 0. The Bertz CT molecular complexity index is 126. The van der Waals surface area contributed by atoms with Gasteiger partial charge in [-0.05, 0) is 0 Å². The van der Waals surface area contributed by atoms with E-state index >= 15 is 0 Å². The Morgan fingerprint density at radius 1 is 0.158 bits per heavy atom. The zero-order valence-corrected chi connectivity index (χ0v) is 39.6. The topological polar surface area (TPSA) is 573 Å². The third-order valence-corrected chi connectivity index (χ3v) is 0. The Balaban J connectivity index is -0.00000000529.